The SMILES string of the molecule is CO[SiH](OC)C1(CCCCl)CCCCC1. The van der Waals surface area contributed by atoms with Crippen LogP contribution in [0.1, 0.15) is 44.9 Å². The van der Waals surface area contributed by atoms with Gasteiger partial charge in [-0.25, -0.2) is 0 Å². The Balaban J connectivity index is 2.64. The molecule has 0 atom stereocenters. The second-order valence-electron chi connectivity index (χ2n) is 4.52. The average molecular weight is 251 g/mol. The van der Waals surface area contributed by atoms with E-state index in [0.717, 1.165) is 12.3 Å². The molecule has 0 aromatic carbocycles. The zero-order chi connectivity index (χ0) is 11.1. The number of halogens is 1. The summed E-state index contributed by atoms with van der Waals surface area (Å²) < 4.78 is 11.2. The summed E-state index contributed by atoms with van der Waals surface area (Å²) in [6, 6.07) is 0. The molecule has 1 aliphatic carbocycles. The first-order valence-corrected chi connectivity index (χ1v) is 7.96. The fourth-order valence-electron chi connectivity index (χ4n) is 2.87. The van der Waals surface area contributed by atoms with Crippen molar-refractivity contribution in [3.05, 3.63) is 0 Å². The molecule has 90 valence electrons. The first kappa shape index (κ1) is 13.5. The highest BCUT2D eigenvalue weighted by Gasteiger charge is 2.42. The van der Waals surface area contributed by atoms with E-state index in [1.807, 2.05) is 0 Å². The summed E-state index contributed by atoms with van der Waals surface area (Å²) in [7, 11) is 2.11. The molecule has 1 fully saturated rings. The van der Waals surface area contributed by atoms with Gasteiger partial charge in [-0.3, -0.25) is 0 Å². The topological polar surface area (TPSA) is 18.5 Å². The summed E-state index contributed by atoms with van der Waals surface area (Å²) in [5, 5.41) is 0.358. The van der Waals surface area contributed by atoms with Gasteiger partial charge in [-0.1, -0.05) is 19.3 Å². The highest BCUT2D eigenvalue weighted by Crippen LogP contribution is 2.49. The Hall–Kier alpha value is 0.427. The van der Waals surface area contributed by atoms with E-state index >= 15 is 0 Å². The van der Waals surface area contributed by atoms with Gasteiger partial charge in [0.2, 0.25) is 0 Å². The van der Waals surface area contributed by atoms with Crippen LogP contribution in [-0.4, -0.2) is 29.4 Å². The van der Waals surface area contributed by atoms with Crippen molar-refractivity contribution in [2.75, 3.05) is 20.1 Å². The van der Waals surface area contributed by atoms with E-state index in [2.05, 4.69) is 0 Å². The van der Waals surface area contributed by atoms with E-state index < -0.39 is 9.28 Å². The van der Waals surface area contributed by atoms with Crippen molar-refractivity contribution in [2.24, 2.45) is 0 Å². The summed E-state index contributed by atoms with van der Waals surface area (Å²) >= 11 is 5.81. The Kier molecular flexibility index (Phi) is 6.20. The predicted octanol–water partition coefficient (Wildman–Crippen LogP) is 3.22. The van der Waals surface area contributed by atoms with Crippen molar-refractivity contribution in [3.8, 4) is 0 Å². The van der Waals surface area contributed by atoms with Gasteiger partial charge in [0.05, 0.1) is 0 Å². The molecule has 0 unspecified atom stereocenters. The lowest BCUT2D eigenvalue weighted by molar-refractivity contribution is 0.203. The van der Waals surface area contributed by atoms with Crippen LogP contribution < -0.4 is 0 Å². The van der Waals surface area contributed by atoms with Crippen molar-refractivity contribution in [1.29, 1.82) is 0 Å². The third-order valence-electron chi connectivity index (χ3n) is 3.59. The van der Waals surface area contributed by atoms with Gasteiger partial charge in [-0.15, -0.1) is 11.6 Å². The van der Waals surface area contributed by atoms with Crippen LogP contribution in [0.4, 0.5) is 0 Å². The fourth-order valence-corrected chi connectivity index (χ4v) is 5.52. The molecule has 15 heavy (non-hydrogen) atoms. The van der Waals surface area contributed by atoms with E-state index in [0.29, 0.717) is 5.04 Å². The molecule has 0 aliphatic heterocycles. The molecule has 0 N–H and O–H groups in total. The van der Waals surface area contributed by atoms with E-state index in [1.165, 1.54) is 38.5 Å². The van der Waals surface area contributed by atoms with Gasteiger partial charge >= 0.3 is 9.28 Å². The summed E-state index contributed by atoms with van der Waals surface area (Å²) in [6.07, 6.45) is 8.88. The molecule has 1 saturated carbocycles. The van der Waals surface area contributed by atoms with E-state index in [4.69, 9.17) is 20.5 Å². The molecule has 0 aromatic heterocycles. The number of rotatable bonds is 6. The molecular weight excluding hydrogens is 228 g/mol. The monoisotopic (exact) mass is 250 g/mol. The lowest BCUT2D eigenvalue weighted by atomic mass is 9.85. The van der Waals surface area contributed by atoms with Gasteiger partial charge in [0.15, 0.2) is 0 Å². The van der Waals surface area contributed by atoms with Crippen LogP contribution in [0, 0.1) is 0 Å². The summed E-state index contributed by atoms with van der Waals surface area (Å²) in [5.41, 5.74) is 0. The molecule has 1 rings (SSSR count). The molecule has 0 heterocycles. The van der Waals surface area contributed by atoms with Crippen LogP contribution in [0.3, 0.4) is 0 Å². The summed E-state index contributed by atoms with van der Waals surface area (Å²) in [6.45, 7) is 0. The minimum atomic E-state index is -1.50. The first-order chi connectivity index (χ1) is 7.29. The highest BCUT2D eigenvalue weighted by atomic mass is 35.5. The minimum Gasteiger partial charge on any atom is -0.400 e. The average Bonchev–Trinajstić information content (AvgIpc) is 2.29. The Morgan fingerprint density at radius 1 is 1.13 bits per heavy atom. The molecule has 0 radical (unpaired) electrons. The summed E-state index contributed by atoms with van der Waals surface area (Å²) in [5.74, 6) is 0.760. The van der Waals surface area contributed by atoms with Crippen LogP contribution in [0.25, 0.3) is 0 Å². The third-order valence-corrected chi connectivity index (χ3v) is 6.58. The molecular formula is C11H23ClO2Si. The zero-order valence-electron chi connectivity index (χ0n) is 9.93. The Morgan fingerprint density at radius 3 is 2.20 bits per heavy atom. The van der Waals surface area contributed by atoms with Gasteiger partial charge in [0.25, 0.3) is 0 Å². The zero-order valence-corrected chi connectivity index (χ0v) is 11.8. The number of hydrogen-bond donors (Lipinski definition) is 0. The maximum absolute atomic E-state index is 5.81. The molecule has 0 saturated heterocycles. The largest absolute Gasteiger partial charge is 0.400 e. The molecule has 1 aliphatic rings. The Labute approximate surface area is 100 Å². The maximum atomic E-state index is 5.81. The predicted molar refractivity (Wildman–Crippen MR) is 66.9 cm³/mol. The molecule has 0 bridgehead atoms. The van der Waals surface area contributed by atoms with Crippen molar-refractivity contribution >= 4 is 20.9 Å². The first-order valence-electron chi connectivity index (χ1n) is 5.90. The lowest BCUT2D eigenvalue weighted by Gasteiger charge is -2.40. The molecule has 2 nitrogen and oxygen atoms in total. The van der Waals surface area contributed by atoms with Crippen LogP contribution >= 0.6 is 11.6 Å². The van der Waals surface area contributed by atoms with Crippen LogP contribution in [0.15, 0.2) is 0 Å². The third kappa shape index (κ3) is 3.45. The van der Waals surface area contributed by atoms with Gasteiger partial charge in [-0.2, -0.15) is 0 Å². The molecule has 0 spiro atoms. The van der Waals surface area contributed by atoms with Gasteiger partial charge in [0, 0.05) is 25.1 Å². The normalized spacial score (nSPS) is 20.8. The Morgan fingerprint density at radius 2 is 1.73 bits per heavy atom. The summed E-state index contributed by atoms with van der Waals surface area (Å²) in [4.78, 5) is 0. The quantitative estimate of drug-likeness (QED) is 0.532. The Bertz CT molecular complexity index is 168. The van der Waals surface area contributed by atoms with Crippen LogP contribution in [0.2, 0.25) is 5.04 Å². The number of hydrogen-bond acceptors (Lipinski definition) is 2. The van der Waals surface area contributed by atoms with Crippen molar-refractivity contribution in [2.45, 2.75) is 50.0 Å². The van der Waals surface area contributed by atoms with E-state index in [-0.39, 0.29) is 0 Å². The molecule has 0 aromatic rings. The highest BCUT2D eigenvalue weighted by molar-refractivity contribution is 6.48. The van der Waals surface area contributed by atoms with Crippen molar-refractivity contribution < 1.29 is 8.85 Å². The van der Waals surface area contributed by atoms with Crippen molar-refractivity contribution in [1.82, 2.24) is 0 Å². The maximum Gasteiger partial charge on any atom is 0.327 e. The van der Waals surface area contributed by atoms with Gasteiger partial charge in [0.1, 0.15) is 0 Å². The second-order valence-corrected chi connectivity index (χ2v) is 7.73. The second kappa shape index (κ2) is 6.89. The number of alkyl halides is 1. The van der Waals surface area contributed by atoms with E-state index in [1.54, 1.807) is 14.2 Å². The van der Waals surface area contributed by atoms with Gasteiger partial charge in [-0.05, 0) is 25.7 Å². The minimum absolute atomic E-state index is 0.358. The molecule has 4 heteroatoms. The standard InChI is InChI=1S/C11H23ClO2Si/c1-13-15(14-2)11(9-6-10-12)7-4-3-5-8-11/h15H,3-10H2,1-2H3. The van der Waals surface area contributed by atoms with Crippen molar-refractivity contribution in [3.63, 3.8) is 0 Å². The smallest absolute Gasteiger partial charge is 0.327 e. The molecule has 0 amide bonds. The lowest BCUT2D eigenvalue weighted by Crippen LogP contribution is -2.38. The van der Waals surface area contributed by atoms with Crippen LogP contribution in [0.5, 0.6) is 0 Å². The van der Waals surface area contributed by atoms with E-state index in [9.17, 15) is 0 Å². The van der Waals surface area contributed by atoms with Gasteiger partial charge < -0.3 is 8.85 Å². The fraction of sp³-hybridized carbons (Fsp3) is 1.00. The van der Waals surface area contributed by atoms with Crippen LogP contribution in [-0.2, 0) is 8.85 Å².